The monoisotopic (exact) mass is 401 g/mol. The van der Waals surface area contributed by atoms with Gasteiger partial charge in [0.1, 0.15) is 5.65 Å². The van der Waals surface area contributed by atoms with Crippen LogP contribution in [0.15, 0.2) is 24.7 Å². The molecule has 6 nitrogen and oxygen atoms in total. The summed E-state index contributed by atoms with van der Waals surface area (Å²) in [5.41, 5.74) is 1.68. The van der Waals surface area contributed by atoms with Gasteiger partial charge in [0, 0.05) is 48.8 Å². The van der Waals surface area contributed by atoms with Gasteiger partial charge in [0.2, 0.25) is 5.91 Å². The zero-order valence-corrected chi connectivity index (χ0v) is 16.5. The van der Waals surface area contributed by atoms with Gasteiger partial charge in [-0.15, -0.1) is 0 Å². The Balaban J connectivity index is 1.75. The second-order valence-electron chi connectivity index (χ2n) is 7.18. The summed E-state index contributed by atoms with van der Waals surface area (Å²) in [6.45, 7) is 2.56. The zero-order valence-electron chi connectivity index (χ0n) is 15.7. The lowest BCUT2D eigenvalue weighted by Crippen LogP contribution is -2.34. The fraction of sp³-hybridized carbons (Fsp3) is 0.400. The quantitative estimate of drug-likeness (QED) is 0.711. The number of carbonyl (C=O) groups excluding carboxylic acids is 1. The maximum Gasteiger partial charge on any atom is 0.226 e. The van der Waals surface area contributed by atoms with Crippen molar-refractivity contribution in [2.45, 2.75) is 32.1 Å². The third kappa shape index (κ3) is 3.24. The summed E-state index contributed by atoms with van der Waals surface area (Å²) in [5, 5.41) is 1.27. The molecule has 0 aliphatic heterocycles. The van der Waals surface area contributed by atoms with Crippen LogP contribution in [0.3, 0.4) is 0 Å². The van der Waals surface area contributed by atoms with E-state index in [0.717, 1.165) is 24.6 Å². The van der Waals surface area contributed by atoms with E-state index in [1.165, 1.54) is 6.20 Å². The lowest BCUT2D eigenvalue weighted by molar-refractivity contribution is -0.134. The molecule has 1 saturated carbocycles. The lowest BCUT2D eigenvalue weighted by Gasteiger charge is -2.24. The number of fused-ring (bicyclic) bond motifs is 1. The first kappa shape index (κ1) is 18.8. The highest BCUT2D eigenvalue weighted by Crippen LogP contribution is 2.41. The second kappa shape index (κ2) is 7.47. The van der Waals surface area contributed by atoms with Crippen LogP contribution in [0, 0.1) is 11.7 Å². The van der Waals surface area contributed by atoms with E-state index in [4.69, 9.17) is 11.6 Å². The number of amides is 1. The van der Waals surface area contributed by atoms with Gasteiger partial charge >= 0.3 is 0 Å². The molecule has 1 aliphatic rings. The molecular weight excluding hydrogens is 381 g/mol. The van der Waals surface area contributed by atoms with Gasteiger partial charge in [-0.3, -0.25) is 4.79 Å². The van der Waals surface area contributed by atoms with Gasteiger partial charge in [0.05, 0.1) is 16.9 Å². The minimum Gasteiger partial charge on any atom is -0.346 e. The maximum atomic E-state index is 14.7. The molecule has 4 rings (SSSR count). The van der Waals surface area contributed by atoms with Crippen molar-refractivity contribution in [2.24, 2.45) is 5.92 Å². The minimum atomic E-state index is -0.469. The van der Waals surface area contributed by atoms with Crippen molar-refractivity contribution in [1.29, 1.82) is 0 Å². The van der Waals surface area contributed by atoms with E-state index >= 15 is 0 Å². The van der Waals surface area contributed by atoms with Crippen LogP contribution in [0.5, 0.6) is 0 Å². The molecule has 3 heterocycles. The number of carbonyl (C=O) groups is 1. The Hall–Kier alpha value is -2.54. The number of aromatic amines is 1. The predicted molar refractivity (Wildman–Crippen MR) is 105 cm³/mol. The first-order valence-corrected chi connectivity index (χ1v) is 9.77. The molecule has 3 aromatic heterocycles. The number of hydrogen-bond donors (Lipinski definition) is 1. The molecule has 0 radical (unpaired) electrons. The second-order valence-corrected chi connectivity index (χ2v) is 7.61. The van der Waals surface area contributed by atoms with E-state index in [9.17, 15) is 9.18 Å². The van der Waals surface area contributed by atoms with E-state index in [2.05, 4.69) is 19.9 Å². The maximum absolute atomic E-state index is 14.7. The molecule has 2 atom stereocenters. The molecule has 1 amide bonds. The van der Waals surface area contributed by atoms with Crippen molar-refractivity contribution in [3.8, 4) is 11.4 Å². The Morgan fingerprint density at radius 1 is 1.36 bits per heavy atom. The molecule has 1 fully saturated rings. The van der Waals surface area contributed by atoms with Crippen LogP contribution in [-0.2, 0) is 4.79 Å². The average molecular weight is 402 g/mol. The van der Waals surface area contributed by atoms with Crippen molar-refractivity contribution >= 4 is 28.5 Å². The first-order valence-electron chi connectivity index (χ1n) is 9.40. The van der Waals surface area contributed by atoms with E-state index in [-0.39, 0.29) is 17.7 Å². The SMILES string of the molecule is CCN(C)C(=O)[C@H]1CCCC1c1nc(-c2c[nH]c3ncc(Cl)cc23)ncc1F. The van der Waals surface area contributed by atoms with Crippen molar-refractivity contribution in [3.05, 3.63) is 41.2 Å². The first-order chi connectivity index (χ1) is 13.5. The highest BCUT2D eigenvalue weighted by molar-refractivity contribution is 6.31. The van der Waals surface area contributed by atoms with Crippen molar-refractivity contribution in [3.63, 3.8) is 0 Å². The summed E-state index contributed by atoms with van der Waals surface area (Å²) in [6.07, 6.45) is 6.86. The molecule has 8 heteroatoms. The van der Waals surface area contributed by atoms with Crippen molar-refractivity contribution in [1.82, 2.24) is 24.8 Å². The smallest absolute Gasteiger partial charge is 0.226 e. The van der Waals surface area contributed by atoms with Gasteiger partial charge in [-0.1, -0.05) is 18.0 Å². The van der Waals surface area contributed by atoms with Gasteiger partial charge in [0.15, 0.2) is 11.6 Å². The molecule has 1 N–H and O–H groups in total. The van der Waals surface area contributed by atoms with Gasteiger partial charge in [-0.25, -0.2) is 19.3 Å². The highest BCUT2D eigenvalue weighted by atomic mass is 35.5. The number of H-pyrrole nitrogens is 1. The van der Waals surface area contributed by atoms with Gasteiger partial charge in [-0.05, 0) is 25.8 Å². The van der Waals surface area contributed by atoms with Gasteiger partial charge in [-0.2, -0.15) is 0 Å². The lowest BCUT2D eigenvalue weighted by atomic mass is 9.91. The van der Waals surface area contributed by atoms with Crippen LogP contribution in [-0.4, -0.2) is 44.3 Å². The topological polar surface area (TPSA) is 74.8 Å². The summed E-state index contributed by atoms with van der Waals surface area (Å²) in [4.78, 5) is 30.5. The molecule has 1 unspecified atom stereocenters. The number of hydrogen-bond acceptors (Lipinski definition) is 4. The van der Waals surface area contributed by atoms with E-state index in [1.54, 1.807) is 30.4 Å². The van der Waals surface area contributed by atoms with Crippen LogP contribution in [0.25, 0.3) is 22.4 Å². The average Bonchev–Trinajstić information content (AvgIpc) is 3.34. The fourth-order valence-electron chi connectivity index (χ4n) is 3.95. The zero-order chi connectivity index (χ0) is 19.8. The van der Waals surface area contributed by atoms with Gasteiger partial charge < -0.3 is 9.88 Å². The molecule has 0 spiro atoms. The van der Waals surface area contributed by atoms with Crippen LogP contribution in [0.2, 0.25) is 5.02 Å². The van der Waals surface area contributed by atoms with Crippen LogP contribution < -0.4 is 0 Å². The normalized spacial score (nSPS) is 19.3. The van der Waals surface area contributed by atoms with Crippen molar-refractivity contribution in [2.75, 3.05) is 13.6 Å². The van der Waals surface area contributed by atoms with Gasteiger partial charge in [0.25, 0.3) is 0 Å². The Kier molecular flexibility index (Phi) is 5.02. The third-order valence-electron chi connectivity index (χ3n) is 5.54. The predicted octanol–water partition coefficient (Wildman–Crippen LogP) is 4.17. The Morgan fingerprint density at radius 3 is 2.96 bits per heavy atom. The third-order valence-corrected chi connectivity index (χ3v) is 5.75. The highest BCUT2D eigenvalue weighted by Gasteiger charge is 2.38. The Labute approximate surface area is 167 Å². The van der Waals surface area contributed by atoms with E-state index in [0.29, 0.717) is 34.3 Å². The largest absolute Gasteiger partial charge is 0.346 e. The van der Waals surface area contributed by atoms with Crippen molar-refractivity contribution < 1.29 is 9.18 Å². The Morgan fingerprint density at radius 2 is 2.18 bits per heavy atom. The fourth-order valence-corrected chi connectivity index (χ4v) is 4.11. The van der Waals surface area contributed by atoms with Crippen LogP contribution in [0.1, 0.15) is 37.8 Å². The van der Waals surface area contributed by atoms with Crippen LogP contribution >= 0.6 is 11.6 Å². The molecule has 146 valence electrons. The Bertz CT molecular complexity index is 1040. The molecule has 0 saturated heterocycles. The molecule has 3 aromatic rings. The minimum absolute atomic E-state index is 0.0487. The number of rotatable bonds is 4. The molecule has 0 bridgehead atoms. The number of halogens is 2. The number of pyridine rings is 1. The van der Waals surface area contributed by atoms with Crippen LogP contribution in [0.4, 0.5) is 4.39 Å². The molecular formula is C20H21ClFN5O. The standard InChI is InChI=1S/C20H21ClFN5O/c1-3-27(2)20(28)13-6-4-5-12(13)17-16(22)10-25-19(26-17)15-9-24-18-14(15)7-11(21)8-23-18/h7-10,12-13H,3-6H2,1-2H3,(H,23,24)/t12?,13-/m0/s1. The number of nitrogens with zero attached hydrogens (tertiary/aromatic N) is 4. The summed E-state index contributed by atoms with van der Waals surface area (Å²) >= 11 is 6.07. The van der Waals surface area contributed by atoms with E-state index in [1.807, 2.05) is 6.92 Å². The molecule has 1 aliphatic carbocycles. The summed E-state index contributed by atoms with van der Waals surface area (Å²) in [5.74, 6) is -0.513. The summed E-state index contributed by atoms with van der Waals surface area (Å²) in [6, 6.07) is 1.78. The van der Waals surface area contributed by atoms with E-state index < -0.39 is 5.82 Å². The summed E-state index contributed by atoms with van der Waals surface area (Å²) < 4.78 is 14.7. The number of aromatic nitrogens is 4. The molecule has 28 heavy (non-hydrogen) atoms. The summed E-state index contributed by atoms with van der Waals surface area (Å²) in [7, 11) is 1.78. The number of nitrogens with one attached hydrogen (secondary N) is 1. The molecule has 0 aromatic carbocycles.